The topological polar surface area (TPSA) is 65.8 Å². The van der Waals surface area contributed by atoms with Crippen LogP contribution in [0.2, 0.25) is 0 Å². The average molecular weight is 477 g/mol. The lowest BCUT2D eigenvalue weighted by Crippen LogP contribution is -2.10. The van der Waals surface area contributed by atoms with Crippen LogP contribution in [0.5, 0.6) is 0 Å². The summed E-state index contributed by atoms with van der Waals surface area (Å²) >= 11 is 0. The van der Waals surface area contributed by atoms with Gasteiger partial charge in [0, 0.05) is 20.0 Å². The standard InChI is InChI=1S/C30H28N4O2/c1-3-8-28-31-26-11-6-7-12-27(26)34(28)19-20-13-16-24-22(17-20)15-14-21-9-4-5-10-23(21)25(24)18-29-32-36-30(35)33(29)2/h4-7,9-13,16-18H,3,8,14-15,19H2,1-2H3. The second-order valence-corrected chi connectivity index (χ2v) is 9.43. The Morgan fingerprint density at radius 3 is 2.58 bits per heavy atom. The molecule has 5 aromatic rings. The Morgan fingerprint density at radius 2 is 1.75 bits per heavy atom. The van der Waals surface area contributed by atoms with Crippen LogP contribution >= 0.6 is 0 Å². The number of nitrogens with zero attached hydrogens (tertiary/aromatic N) is 4. The van der Waals surface area contributed by atoms with Gasteiger partial charge in [-0.05, 0) is 70.9 Å². The van der Waals surface area contributed by atoms with Crippen LogP contribution in [0, 0.1) is 0 Å². The molecule has 0 saturated heterocycles. The van der Waals surface area contributed by atoms with E-state index < -0.39 is 5.76 Å². The van der Waals surface area contributed by atoms with Crippen LogP contribution in [0.25, 0.3) is 22.7 Å². The van der Waals surface area contributed by atoms with Gasteiger partial charge in [-0.15, -0.1) is 0 Å². The Kier molecular flexibility index (Phi) is 5.64. The molecule has 180 valence electrons. The van der Waals surface area contributed by atoms with Gasteiger partial charge in [0.2, 0.25) is 0 Å². The molecule has 3 aromatic carbocycles. The van der Waals surface area contributed by atoms with Crippen molar-refractivity contribution in [3.05, 3.63) is 117 Å². The average Bonchev–Trinajstić information content (AvgIpc) is 3.35. The molecule has 0 atom stereocenters. The normalized spacial score (nSPS) is 14.1. The summed E-state index contributed by atoms with van der Waals surface area (Å²) in [6.45, 7) is 2.98. The van der Waals surface area contributed by atoms with Gasteiger partial charge in [-0.1, -0.05) is 66.7 Å². The molecular formula is C30H28N4O2. The zero-order valence-corrected chi connectivity index (χ0v) is 20.6. The minimum absolute atomic E-state index is 0.463. The molecule has 0 fully saturated rings. The quantitative estimate of drug-likeness (QED) is 0.340. The lowest BCUT2D eigenvalue weighted by molar-refractivity contribution is 0.379. The summed E-state index contributed by atoms with van der Waals surface area (Å²) in [4.78, 5) is 16.8. The molecule has 2 heterocycles. The minimum atomic E-state index is -0.463. The molecule has 2 aromatic heterocycles. The van der Waals surface area contributed by atoms with Gasteiger partial charge in [0.05, 0.1) is 11.0 Å². The molecular weight excluding hydrogens is 448 g/mol. The van der Waals surface area contributed by atoms with Gasteiger partial charge in [-0.3, -0.25) is 9.09 Å². The maximum Gasteiger partial charge on any atom is 0.441 e. The van der Waals surface area contributed by atoms with Gasteiger partial charge >= 0.3 is 5.76 Å². The first kappa shape index (κ1) is 22.3. The summed E-state index contributed by atoms with van der Waals surface area (Å²) in [6.07, 6.45) is 5.89. The van der Waals surface area contributed by atoms with Gasteiger partial charge in [0.1, 0.15) is 5.82 Å². The maximum absolute atomic E-state index is 11.9. The lowest BCUT2D eigenvalue weighted by atomic mass is 9.92. The van der Waals surface area contributed by atoms with Crippen LogP contribution in [0.1, 0.15) is 52.8 Å². The van der Waals surface area contributed by atoms with Crippen molar-refractivity contribution in [3.8, 4) is 0 Å². The van der Waals surface area contributed by atoms with Crippen LogP contribution in [0.15, 0.2) is 76.0 Å². The second kappa shape index (κ2) is 9.11. The van der Waals surface area contributed by atoms with Crippen molar-refractivity contribution >= 4 is 22.7 Å². The predicted molar refractivity (Wildman–Crippen MR) is 142 cm³/mol. The fraction of sp³-hybridized carbons (Fsp3) is 0.233. The highest BCUT2D eigenvalue weighted by Gasteiger charge is 2.20. The molecule has 36 heavy (non-hydrogen) atoms. The first-order valence-electron chi connectivity index (χ1n) is 12.5. The van der Waals surface area contributed by atoms with Crippen molar-refractivity contribution in [2.24, 2.45) is 7.05 Å². The second-order valence-electron chi connectivity index (χ2n) is 9.43. The number of benzene rings is 3. The van der Waals surface area contributed by atoms with E-state index in [1.807, 2.05) is 12.1 Å². The Bertz CT molecular complexity index is 1670. The highest BCUT2D eigenvalue weighted by atomic mass is 16.5. The van der Waals surface area contributed by atoms with E-state index in [-0.39, 0.29) is 0 Å². The molecule has 6 nitrogen and oxygen atoms in total. The summed E-state index contributed by atoms with van der Waals surface area (Å²) in [6, 6.07) is 23.6. The molecule has 0 aliphatic heterocycles. The Labute approximate surface area is 209 Å². The summed E-state index contributed by atoms with van der Waals surface area (Å²) in [7, 11) is 1.68. The Morgan fingerprint density at radius 1 is 0.972 bits per heavy atom. The molecule has 0 saturated carbocycles. The predicted octanol–water partition coefficient (Wildman–Crippen LogP) is 5.41. The number of rotatable bonds is 5. The summed E-state index contributed by atoms with van der Waals surface area (Å²) in [5, 5.41) is 4.00. The molecule has 6 rings (SSSR count). The highest BCUT2D eigenvalue weighted by molar-refractivity contribution is 5.93. The van der Waals surface area contributed by atoms with E-state index in [1.54, 1.807) is 7.05 Å². The molecule has 0 bridgehead atoms. The van der Waals surface area contributed by atoms with Gasteiger partial charge < -0.3 is 4.57 Å². The van der Waals surface area contributed by atoms with E-state index in [0.717, 1.165) is 49.1 Å². The zero-order chi connectivity index (χ0) is 24.6. The first-order valence-corrected chi connectivity index (χ1v) is 12.5. The number of para-hydroxylation sites is 2. The fourth-order valence-electron chi connectivity index (χ4n) is 5.24. The number of hydrogen-bond donors (Lipinski definition) is 0. The van der Waals surface area contributed by atoms with E-state index in [4.69, 9.17) is 9.51 Å². The number of hydrogen-bond acceptors (Lipinski definition) is 4. The highest BCUT2D eigenvalue weighted by Crippen LogP contribution is 2.35. The third-order valence-corrected chi connectivity index (χ3v) is 7.09. The summed E-state index contributed by atoms with van der Waals surface area (Å²) < 4.78 is 8.69. The van der Waals surface area contributed by atoms with Crippen molar-refractivity contribution in [2.45, 2.75) is 39.2 Å². The van der Waals surface area contributed by atoms with Crippen LogP contribution in [-0.4, -0.2) is 19.3 Å². The van der Waals surface area contributed by atoms with Crippen LogP contribution in [0.4, 0.5) is 0 Å². The van der Waals surface area contributed by atoms with Crippen molar-refractivity contribution in [2.75, 3.05) is 0 Å². The third-order valence-electron chi connectivity index (χ3n) is 7.09. The van der Waals surface area contributed by atoms with Gasteiger partial charge in [0.25, 0.3) is 0 Å². The summed E-state index contributed by atoms with van der Waals surface area (Å²) in [5.74, 6) is 1.18. The Balaban J connectivity index is 1.45. The maximum atomic E-state index is 11.9. The smallest absolute Gasteiger partial charge is 0.323 e. The number of aromatic nitrogens is 4. The molecule has 0 unspecified atom stereocenters. The van der Waals surface area contributed by atoms with Crippen molar-refractivity contribution < 1.29 is 4.52 Å². The number of fused-ring (bicyclic) bond motifs is 3. The van der Waals surface area contributed by atoms with Gasteiger partial charge in [-0.25, -0.2) is 9.78 Å². The molecule has 0 radical (unpaired) electrons. The molecule has 0 spiro atoms. The number of imidazole rings is 1. The molecule has 1 aliphatic rings. The molecule has 1 aliphatic carbocycles. The van der Waals surface area contributed by atoms with Crippen molar-refractivity contribution in [3.63, 3.8) is 0 Å². The van der Waals surface area contributed by atoms with E-state index in [9.17, 15) is 4.79 Å². The molecule has 6 heteroatoms. The summed E-state index contributed by atoms with van der Waals surface area (Å²) in [5.41, 5.74) is 9.48. The largest absolute Gasteiger partial charge is 0.441 e. The van der Waals surface area contributed by atoms with Gasteiger partial charge in [0.15, 0.2) is 5.82 Å². The van der Waals surface area contributed by atoms with Gasteiger partial charge in [-0.2, -0.15) is 0 Å². The number of aryl methyl sites for hydroxylation is 3. The van der Waals surface area contributed by atoms with E-state index >= 15 is 0 Å². The van der Waals surface area contributed by atoms with Crippen molar-refractivity contribution in [1.29, 1.82) is 0 Å². The van der Waals surface area contributed by atoms with Crippen molar-refractivity contribution in [1.82, 2.24) is 19.3 Å². The Hall–Kier alpha value is -4.19. The molecule has 0 N–H and O–H groups in total. The lowest BCUT2D eigenvalue weighted by Gasteiger charge is -2.14. The zero-order valence-electron chi connectivity index (χ0n) is 20.6. The molecule has 0 amide bonds. The van der Waals surface area contributed by atoms with E-state index in [2.05, 4.69) is 77.3 Å². The first-order chi connectivity index (χ1) is 17.6. The minimum Gasteiger partial charge on any atom is -0.323 e. The fourth-order valence-corrected chi connectivity index (χ4v) is 5.24. The van der Waals surface area contributed by atoms with Crippen LogP contribution in [-0.2, 0) is 32.9 Å². The van der Waals surface area contributed by atoms with Crippen LogP contribution in [0.3, 0.4) is 0 Å². The SMILES string of the molecule is CCCc1nc2ccccc2n1Cc1ccc2c(c1)CCc1ccccc1C2=Cc1noc(=O)n1C. The monoisotopic (exact) mass is 476 g/mol. The van der Waals surface area contributed by atoms with Crippen LogP contribution < -0.4 is 5.76 Å². The van der Waals surface area contributed by atoms with E-state index in [0.29, 0.717) is 5.82 Å². The third kappa shape index (κ3) is 3.88. The van der Waals surface area contributed by atoms with E-state index in [1.165, 1.54) is 37.9 Å².